The molecule has 1 fully saturated rings. The SMILES string of the molecule is I.NC(=NCCCOCCc1ccccc1)NC1CCCCCC1. The van der Waals surface area contributed by atoms with Crippen LogP contribution in [0.1, 0.15) is 50.5 Å². The fraction of sp³-hybridized carbons (Fsp3) is 0.632. The Morgan fingerprint density at radius 3 is 2.50 bits per heavy atom. The van der Waals surface area contributed by atoms with Crippen LogP contribution in [-0.4, -0.2) is 31.8 Å². The second-order valence-electron chi connectivity index (χ2n) is 6.30. The molecule has 5 heteroatoms. The Bertz CT molecular complexity index is 445. The van der Waals surface area contributed by atoms with E-state index in [1.807, 2.05) is 6.07 Å². The number of rotatable bonds is 8. The first kappa shape index (κ1) is 21.2. The first-order valence-electron chi connectivity index (χ1n) is 9.03. The van der Waals surface area contributed by atoms with Crippen LogP contribution in [0, 0.1) is 0 Å². The number of hydrogen-bond donors (Lipinski definition) is 2. The smallest absolute Gasteiger partial charge is 0.188 e. The molecule has 0 aliphatic heterocycles. The summed E-state index contributed by atoms with van der Waals surface area (Å²) in [4.78, 5) is 4.41. The predicted octanol–water partition coefficient (Wildman–Crippen LogP) is 3.88. The van der Waals surface area contributed by atoms with Crippen molar-refractivity contribution in [2.45, 2.75) is 57.4 Å². The van der Waals surface area contributed by atoms with Crippen molar-refractivity contribution >= 4 is 29.9 Å². The van der Waals surface area contributed by atoms with Gasteiger partial charge in [-0.15, -0.1) is 24.0 Å². The zero-order valence-electron chi connectivity index (χ0n) is 14.6. The van der Waals surface area contributed by atoms with Crippen LogP contribution >= 0.6 is 24.0 Å². The lowest BCUT2D eigenvalue weighted by Crippen LogP contribution is -2.39. The molecule has 1 aromatic rings. The van der Waals surface area contributed by atoms with E-state index in [0.717, 1.165) is 32.6 Å². The molecule has 136 valence electrons. The predicted molar refractivity (Wildman–Crippen MR) is 112 cm³/mol. The van der Waals surface area contributed by atoms with Crippen molar-refractivity contribution in [3.05, 3.63) is 35.9 Å². The minimum Gasteiger partial charge on any atom is -0.381 e. The lowest BCUT2D eigenvalue weighted by atomic mass is 10.1. The molecule has 0 saturated heterocycles. The lowest BCUT2D eigenvalue weighted by Gasteiger charge is -2.16. The zero-order valence-corrected chi connectivity index (χ0v) is 16.9. The van der Waals surface area contributed by atoms with Crippen molar-refractivity contribution in [3.8, 4) is 0 Å². The summed E-state index contributed by atoms with van der Waals surface area (Å²) in [5, 5.41) is 3.37. The van der Waals surface area contributed by atoms with Gasteiger partial charge in [0, 0.05) is 19.2 Å². The van der Waals surface area contributed by atoms with E-state index in [0.29, 0.717) is 12.0 Å². The number of halogens is 1. The van der Waals surface area contributed by atoms with Gasteiger partial charge in [-0.1, -0.05) is 56.0 Å². The number of benzene rings is 1. The second-order valence-corrected chi connectivity index (χ2v) is 6.30. The van der Waals surface area contributed by atoms with Crippen LogP contribution in [0.25, 0.3) is 0 Å². The number of nitrogens with one attached hydrogen (secondary N) is 1. The van der Waals surface area contributed by atoms with Crippen molar-refractivity contribution in [1.82, 2.24) is 5.32 Å². The van der Waals surface area contributed by atoms with Gasteiger partial charge in [0.1, 0.15) is 0 Å². The molecule has 1 aliphatic carbocycles. The third-order valence-electron chi connectivity index (χ3n) is 4.31. The first-order valence-corrected chi connectivity index (χ1v) is 9.03. The van der Waals surface area contributed by atoms with Gasteiger partial charge in [0.25, 0.3) is 0 Å². The molecule has 0 atom stereocenters. The van der Waals surface area contributed by atoms with Crippen LogP contribution in [0.15, 0.2) is 35.3 Å². The number of nitrogens with two attached hydrogens (primary N) is 1. The van der Waals surface area contributed by atoms with Crippen LogP contribution in [0.5, 0.6) is 0 Å². The molecule has 4 nitrogen and oxygen atoms in total. The summed E-state index contributed by atoms with van der Waals surface area (Å²) < 4.78 is 5.66. The van der Waals surface area contributed by atoms with Gasteiger partial charge in [-0.3, -0.25) is 4.99 Å². The average molecular weight is 445 g/mol. The molecule has 0 amide bonds. The molecule has 1 saturated carbocycles. The van der Waals surface area contributed by atoms with E-state index in [1.165, 1.54) is 44.1 Å². The Hall–Kier alpha value is -0.820. The maximum Gasteiger partial charge on any atom is 0.188 e. The number of aliphatic imine (C=N–C) groups is 1. The normalized spacial score (nSPS) is 16.2. The van der Waals surface area contributed by atoms with Gasteiger partial charge in [0.15, 0.2) is 5.96 Å². The lowest BCUT2D eigenvalue weighted by molar-refractivity contribution is 0.136. The molecule has 3 N–H and O–H groups in total. The van der Waals surface area contributed by atoms with E-state index in [1.54, 1.807) is 0 Å². The highest BCUT2D eigenvalue weighted by Crippen LogP contribution is 2.16. The number of nitrogens with zero attached hydrogens (tertiary/aromatic N) is 1. The van der Waals surface area contributed by atoms with Crippen molar-refractivity contribution in [2.75, 3.05) is 19.8 Å². The first-order chi connectivity index (χ1) is 11.3. The van der Waals surface area contributed by atoms with Crippen LogP contribution in [-0.2, 0) is 11.2 Å². The maximum atomic E-state index is 5.97. The van der Waals surface area contributed by atoms with Crippen LogP contribution < -0.4 is 11.1 Å². The third kappa shape index (κ3) is 9.47. The van der Waals surface area contributed by atoms with E-state index in [-0.39, 0.29) is 24.0 Å². The van der Waals surface area contributed by atoms with E-state index >= 15 is 0 Å². The molecule has 2 rings (SSSR count). The molecule has 24 heavy (non-hydrogen) atoms. The highest BCUT2D eigenvalue weighted by Gasteiger charge is 2.11. The fourth-order valence-electron chi connectivity index (χ4n) is 2.98. The summed E-state index contributed by atoms with van der Waals surface area (Å²) in [5.41, 5.74) is 7.29. The van der Waals surface area contributed by atoms with E-state index < -0.39 is 0 Å². The van der Waals surface area contributed by atoms with Crippen LogP contribution in [0.4, 0.5) is 0 Å². The molecule has 0 radical (unpaired) electrons. The minimum atomic E-state index is 0. The largest absolute Gasteiger partial charge is 0.381 e. The van der Waals surface area contributed by atoms with Gasteiger partial charge in [0.05, 0.1) is 6.61 Å². The molecule has 0 spiro atoms. The highest BCUT2D eigenvalue weighted by molar-refractivity contribution is 14.0. The standard InChI is InChI=1S/C19H31N3O.HI/c20-19(22-18-11-6-1-2-7-12-18)21-14-8-15-23-16-13-17-9-4-3-5-10-17;/h3-5,9-10,18H,1-2,6-8,11-16H2,(H3,20,21,22);1H. The quantitative estimate of drug-likeness (QED) is 0.210. The van der Waals surface area contributed by atoms with Gasteiger partial charge in [-0.25, -0.2) is 0 Å². The van der Waals surface area contributed by atoms with Crippen molar-refractivity contribution < 1.29 is 4.74 Å². The topological polar surface area (TPSA) is 59.6 Å². The number of guanidine groups is 1. The van der Waals surface area contributed by atoms with E-state index in [2.05, 4.69) is 34.6 Å². The number of ether oxygens (including phenoxy) is 1. The van der Waals surface area contributed by atoms with E-state index in [9.17, 15) is 0 Å². The number of hydrogen-bond acceptors (Lipinski definition) is 2. The summed E-state index contributed by atoms with van der Waals surface area (Å²) in [6.07, 6.45) is 9.65. The third-order valence-corrected chi connectivity index (χ3v) is 4.31. The monoisotopic (exact) mass is 445 g/mol. The molecule has 0 heterocycles. The molecular weight excluding hydrogens is 413 g/mol. The highest BCUT2D eigenvalue weighted by atomic mass is 127. The van der Waals surface area contributed by atoms with Gasteiger partial charge < -0.3 is 15.8 Å². The van der Waals surface area contributed by atoms with Crippen molar-refractivity contribution in [1.29, 1.82) is 0 Å². The Kier molecular flexibility index (Phi) is 11.9. The summed E-state index contributed by atoms with van der Waals surface area (Å²) in [5.74, 6) is 0.598. The van der Waals surface area contributed by atoms with Gasteiger partial charge in [-0.05, 0) is 31.2 Å². The zero-order chi connectivity index (χ0) is 16.2. The van der Waals surface area contributed by atoms with Gasteiger partial charge in [0.2, 0.25) is 0 Å². The van der Waals surface area contributed by atoms with Crippen LogP contribution in [0.2, 0.25) is 0 Å². The summed E-state index contributed by atoms with van der Waals surface area (Å²) >= 11 is 0. The summed E-state index contributed by atoms with van der Waals surface area (Å²) in [6.45, 7) is 2.24. The molecular formula is C19H32IN3O. The van der Waals surface area contributed by atoms with Crippen molar-refractivity contribution in [3.63, 3.8) is 0 Å². The van der Waals surface area contributed by atoms with Crippen LogP contribution in [0.3, 0.4) is 0 Å². The maximum absolute atomic E-state index is 5.97. The van der Waals surface area contributed by atoms with E-state index in [4.69, 9.17) is 10.5 Å². The molecule has 0 unspecified atom stereocenters. The Balaban J connectivity index is 0.00000288. The molecule has 1 aromatic carbocycles. The Morgan fingerprint density at radius 1 is 1.08 bits per heavy atom. The van der Waals surface area contributed by atoms with Gasteiger partial charge >= 0.3 is 0 Å². The molecule has 0 bridgehead atoms. The van der Waals surface area contributed by atoms with Gasteiger partial charge in [-0.2, -0.15) is 0 Å². The Morgan fingerprint density at radius 2 is 1.79 bits per heavy atom. The minimum absolute atomic E-state index is 0. The summed E-state index contributed by atoms with van der Waals surface area (Å²) in [6, 6.07) is 10.9. The average Bonchev–Trinajstić information content (AvgIpc) is 2.83. The second kappa shape index (κ2) is 13.5. The van der Waals surface area contributed by atoms with Crippen molar-refractivity contribution in [2.24, 2.45) is 10.7 Å². The molecule has 0 aromatic heterocycles. The molecule has 1 aliphatic rings. The summed E-state index contributed by atoms with van der Waals surface area (Å²) in [7, 11) is 0. The Labute approximate surface area is 163 Å². The fourth-order valence-corrected chi connectivity index (χ4v) is 2.98.